The highest BCUT2D eigenvalue weighted by molar-refractivity contribution is 5.76. The first-order chi connectivity index (χ1) is 12.4. The lowest BCUT2D eigenvalue weighted by molar-refractivity contribution is -0.153. The number of carbonyl (C=O) groups is 1. The van der Waals surface area contributed by atoms with Crippen LogP contribution in [0.5, 0.6) is 11.5 Å². The molecule has 1 fully saturated rings. The fourth-order valence-electron chi connectivity index (χ4n) is 2.85. The Bertz CT molecular complexity index is 588. The van der Waals surface area contributed by atoms with Gasteiger partial charge in [-0.15, -0.1) is 0 Å². The number of methoxy groups -OCH3 is 1. The summed E-state index contributed by atoms with van der Waals surface area (Å²) < 4.78 is 46.6. The zero-order valence-electron chi connectivity index (χ0n) is 14.8. The first-order valence-electron chi connectivity index (χ1n) is 8.71. The minimum Gasteiger partial charge on any atom is -0.493 e. The van der Waals surface area contributed by atoms with Gasteiger partial charge in [0.15, 0.2) is 18.1 Å². The van der Waals surface area contributed by atoms with Crippen LogP contribution in [0, 0.1) is 5.92 Å². The van der Waals surface area contributed by atoms with Crippen LogP contribution in [0.4, 0.5) is 13.2 Å². The Labute approximate surface area is 151 Å². The van der Waals surface area contributed by atoms with Gasteiger partial charge in [-0.1, -0.05) is 6.07 Å². The van der Waals surface area contributed by atoms with Gasteiger partial charge >= 0.3 is 6.18 Å². The van der Waals surface area contributed by atoms with Crippen molar-refractivity contribution in [1.82, 2.24) is 10.6 Å². The average Bonchev–Trinajstić information content (AvgIpc) is 2.63. The fraction of sp³-hybridized carbons (Fsp3) is 0.611. The molecule has 1 aromatic rings. The van der Waals surface area contributed by atoms with Crippen molar-refractivity contribution >= 4 is 5.91 Å². The molecule has 8 heteroatoms. The molecule has 1 saturated heterocycles. The predicted octanol–water partition coefficient (Wildman–Crippen LogP) is 2.68. The minimum atomic E-state index is -4.41. The quantitative estimate of drug-likeness (QED) is 0.735. The van der Waals surface area contributed by atoms with E-state index < -0.39 is 12.8 Å². The summed E-state index contributed by atoms with van der Waals surface area (Å²) in [5.74, 6) is 0.688. The van der Waals surface area contributed by atoms with Crippen LogP contribution in [0.2, 0.25) is 0 Å². The van der Waals surface area contributed by atoms with Crippen LogP contribution in [0.1, 0.15) is 24.8 Å². The first-order valence-corrected chi connectivity index (χ1v) is 8.71. The molecule has 2 N–H and O–H groups in total. The summed E-state index contributed by atoms with van der Waals surface area (Å²) in [5, 5.41) is 6.25. The lowest BCUT2D eigenvalue weighted by Gasteiger charge is -2.22. The van der Waals surface area contributed by atoms with E-state index >= 15 is 0 Å². The van der Waals surface area contributed by atoms with Crippen molar-refractivity contribution in [2.45, 2.75) is 31.9 Å². The molecule has 5 nitrogen and oxygen atoms in total. The summed E-state index contributed by atoms with van der Waals surface area (Å²) in [5.41, 5.74) is 0.802. The van der Waals surface area contributed by atoms with Crippen molar-refractivity contribution in [3.05, 3.63) is 23.8 Å². The van der Waals surface area contributed by atoms with Crippen molar-refractivity contribution < 1.29 is 27.4 Å². The van der Waals surface area contributed by atoms with E-state index in [0.29, 0.717) is 25.3 Å². The molecule has 1 aliphatic heterocycles. The number of alkyl halides is 3. The SMILES string of the molecule is COc1cc(CCC(=O)NCC2CCCNC2)ccc1OCC(F)(F)F. The lowest BCUT2D eigenvalue weighted by Crippen LogP contribution is -2.38. The van der Waals surface area contributed by atoms with Gasteiger partial charge in [-0.2, -0.15) is 13.2 Å². The zero-order chi connectivity index (χ0) is 19.0. The molecule has 1 aromatic carbocycles. The zero-order valence-corrected chi connectivity index (χ0v) is 14.8. The summed E-state index contributed by atoms with van der Waals surface area (Å²) in [6.07, 6.45) is -1.38. The van der Waals surface area contributed by atoms with Gasteiger partial charge in [0.25, 0.3) is 0 Å². The summed E-state index contributed by atoms with van der Waals surface area (Å²) >= 11 is 0. The Morgan fingerprint density at radius 1 is 1.35 bits per heavy atom. The Morgan fingerprint density at radius 3 is 2.81 bits per heavy atom. The number of rotatable bonds is 8. The third kappa shape index (κ3) is 7.11. The van der Waals surface area contributed by atoms with Crippen LogP contribution in [-0.2, 0) is 11.2 Å². The molecule has 1 heterocycles. The maximum atomic E-state index is 12.3. The molecule has 0 bridgehead atoms. The molecule has 1 unspecified atom stereocenters. The van der Waals surface area contributed by atoms with Gasteiger partial charge in [0, 0.05) is 13.0 Å². The maximum Gasteiger partial charge on any atom is 0.422 e. The number of piperidine rings is 1. The van der Waals surface area contributed by atoms with E-state index in [-0.39, 0.29) is 17.4 Å². The average molecular weight is 374 g/mol. The molecule has 0 radical (unpaired) electrons. The van der Waals surface area contributed by atoms with E-state index in [9.17, 15) is 18.0 Å². The number of benzene rings is 1. The number of ether oxygens (including phenoxy) is 2. The van der Waals surface area contributed by atoms with Crippen molar-refractivity contribution in [3.8, 4) is 11.5 Å². The molecule has 0 aliphatic carbocycles. The van der Waals surface area contributed by atoms with E-state index in [1.54, 1.807) is 12.1 Å². The van der Waals surface area contributed by atoms with E-state index in [0.717, 1.165) is 31.5 Å². The minimum absolute atomic E-state index is 0.0304. The van der Waals surface area contributed by atoms with Crippen LogP contribution in [0.15, 0.2) is 18.2 Å². The third-order valence-corrected chi connectivity index (χ3v) is 4.25. The molecule has 0 spiro atoms. The molecule has 0 saturated carbocycles. The number of nitrogens with one attached hydrogen (secondary N) is 2. The molecule has 1 amide bonds. The van der Waals surface area contributed by atoms with E-state index in [1.165, 1.54) is 13.2 Å². The van der Waals surface area contributed by atoms with Gasteiger partial charge in [0.1, 0.15) is 0 Å². The maximum absolute atomic E-state index is 12.3. The van der Waals surface area contributed by atoms with Gasteiger partial charge in [-0.3, -0.25) is 4.79 Å². The summed E-state index contributed by atoms with van der Waals surface area (Å²) in [6, 6.07) is 4.68. The summed E-state index contributed by atoms with van der Waals surface area (Å²) in [4.78, 5) is 12.0. The monoisotopic (exact) mass is 374 g/mol. The molecule has 0 aromatic heterocycles. The van der Waals surface area contributed by atoms with Crippen LogP contribution < -0.4 is 20.1 Å². The molecular formula is C18H25F3N2O3. The summed E-state index contributed by atoms with van der Waals surface area (Å²) in [7, 11) is 1.37. The van der Waals surface area contributed by atoms with E-state index in [4.69, 9.17) is 9.47 Å². The smallest absolute Gasteiger partial charge is 0.422 e. The molecule has 2 rings (SSSR count). The Hall–Kier alpha value is -1.96. The van der Waals surface area contributed by atoms with Gasteiger partial charge in [-0.25, -0.2) is 0 Å². The van der Waals surface area contributed by atoms with Crippen LogP contribution in [-0.4, -0.2) is 45.4 Å². The standard InChI is InChI=1S/C18H25F3N2O3/c1-25-16-9-13(4-6-15(16)26-12-18(19,20)21)5-7-17(24)23-11-14-3-2-8-22-10-14/h4,6,9,14,22H,2-3,5,7-8,10-12H2,1H3,(H,23,24). The van der Waals surface area contributed by atoms with Crippen LogP contribution >= 0.6 is 0 Å². The highest BCUT2D eigenvalue weighted by Crippen LogP contribution is 2.30. The number of carbonyl (C=O) groups excluding carboxylic acids is 1. The number of aryl methyl sites for hydroxylation is 1. The summed E-state index contributed by atoms with van der Waals surface area (Å²) in [6.45, 7) is 1.26. The molecule has 1 atom stereocenters. The van der Waals surface area contributed by atoms with Gasteiger partial charge in [0.2, 0.25) is 5.91 Å². The fourth-order valence-corrected chi connectivity index (χ4v) is 2.85. The third-order valence-electron chi connectivity index (χ3n) is 4.25. The van der Waals surface area contributed by atoms with Gasteiger partial charge in [-0.05, 0) is 56.0 Å². The van der Waals surface area contributed by atoms with Crippen molar-refractivity contribution in [3.63, 3.8) is 0 Å². The molecule has 146 valence electrons. The number of halogens is 3. The van der Waals surface area contributed by atoms with Crippen LogP contribution in [0.3, 0.4) is 0 Å². The number of hydrogen-bond donors (Lipinski definition) is 2. The predicted molar refractivity (Wildman–Crippen MR) is 91.5 cm³/mol. The Morgan fingerprint density at radius 2 is 2.15 bits per heavy atom. The largest absolute Gasteiger partial charge is 0.493 e. The highest BCUT2D eigenvalue weighted by Gasteiger charge is 2.29. The number of amides is 1. The van der Waals surface area contributed by atoms with Gasteiger partial charge in [0.05, 0.1) is 7.11 Å². The first kappa shape index (κ1) is 20.4. The Balaban J connectivity index is 1.80. The second-order valence-electron chi connectivity index (χ2n) is 6.41. The van der Waals surface area contributed by atoms with Crippen molar-refractivity contribution in [2.24, 2.45) is 5.92 Å². The van der Waals surface area contributed by atoms with Gasteiger partial charge < -0.3 is 20.1 Å². The highest BCUT2D eigenvalue weighted by atomic mass is 19.4. The molecular weight excluding hydrogens is 349 g/mol. The molecule has 1 aliphatic rings. The normalized spacial score (nSPS) is 17.6. The van der Waals surface area contributed by atoms with E-state index in [2.05, 4.69) is 10.6 Å². The van der Waals surface area contributed by atoms with Crippen molar-refractivity contribution in [2.75, 3.05) is 33.4 Å². The van der Waals surface area contributed by atoms with E-state index in [1.807, 2.05) is 0 Å². The van der Waals surface area contributed by atoms with Crippen molar-refractivity contribution in [1.29, 1.82) is 0 Å². The lowest BCUT2D eigenvalue weighted by atomic mass is 9.99. The molecule has 26 heavy (non-hydrogen) atoms. The second kappa shape index (κ2) is 9.66. The topological polar surface area (TPSA) is 59.6 Å². The second-order valence-corrected chi connectivity index (χ2v) is 6.41. The Kier molecular flexibility index (Phi) is 7.56. The number of hydrogen-bond acceptors (Lipinski definition) is 4. The van der Waals surface area contributed by atoms with Crippen LogP contribution in [0.25, 0.3) is 0 Å².